The van der Waals surface area contributed by atoms with Crippen molar-refractivity contribution in [2.45, 2.75) is 0 Å². The van der Waals surface area contributed by atoms with Crippen LogP contribution >= 0.6 is 0 Å². The minimum atomic E-state index is 1.13. The fourth-order valence-electron chi connectivity index (χ4n) is 5.46. The Kier molecular flexibility index (Phi) is 5.19. The second-order valence-electron chi connectivity index (χ2n) is 9.41. The zero-order chi connectivity index (χ0) is 24.6. The van der Waals surface area contributed by atoms with Crippen molar-refractivity contribution in [2.24, 2.45) is 0 Å². The van der Waals surface area contributed by atoms with Crippen molar-refractivity contribution in [3.05, 3.63) is 152 Å². The highest BCUT2D eigenvalue weighted by molar-refractivity contribution is 6.21. The summed E-state index contributed by atoms with van der Waals surface area (Å²) in [7, 11) is 0. The Balaban J connectivity index is 1.51. The zero-order valence-electron chi connectivity index (χ0n) is 20.4. The molecule has 37 heavy (non-hydrogen) atoms. The van der Waals surface area contributed by atoms with Crippen LogP contribution in [0.1, 0.15) is 0 Å². The summed E-state index contributed by atoms with van der Waals surface area (Å²) >= 11 is 0. The average Bonchev–Trinajstić information content (AvgIpc) is 2.98. The molecule has 0 bridgehead atoms. The van der Waals surface area contributed by atoms with E-state index in [9.17, 15) is 0 Å². The number of hydrogen-bond acceptors (Lipinski definition) is 1. The number of fused-ring (bicyclic) bond motifs is 5. The minimum absolute atomic E-state index is 1.13. The van der Waals surface area contributed by atoms with Gasteiger partial charge in [-0.1, -0.05) is 121 Å². The Bertz CT molecular complexity index is 1850. The van der Waals surface area contributed by atoms with Crippen LogP contribution in [0.25, 0.3) is 43.4 Å². The van der Waals surface area contributed by atoms with Crippen molar-refractivity contribution < 1.29 is 0 Å². The fraction of sp³-hybridized carbons (Fsp3) is 0. The van der Waals surface area contributed by atoms with E-state index in [2.05, 4.69) is 157 Å². The van der Waals surface area contributed by atoms with Gasteiger partial charge in [-0.2, -0.15) is 0 Å². The largest absolute Gasteiger partial charge is 0.310 e. The van der Waals surface area contributed by atoms with E-state index in [-0.39, 0.29) is 0 Å². The third kappa shape index (κ3) is 3.73. The van der Waals surface area contributed by atoms with E-state index in [0.717, 1.165) is 11.4 Å². The molecule has 1 nitrogen and oxygen atoms in total. The standard InChI is InChI=1S/C36H25N/c1-3-11-26(12-4-1)27-19-22-30(23-20-27)37(29-14-5-2-6-15-29)36-25-35-31-16-8-7-13-28(31)21-24-33(35)32-17-9-10-18-34(32)36/h1-25H. The lowest BCUT2D eigenvalue weighted by atomic mass is 9.95. The normalized spacial score (nSPS) is 11.2. The van der Waals surface area contributed by atoms with Gasteiger partial charge in [-0.25, -0.2) is 0 Å². The molecule has 0 unspecified atom stereocenters. The maximum absolute atomic E-state index is 2.39. The lowest BCUT2D eigenvalue weighted by molar-refractivity contribution is 1.30. The summed E-state index contributed by atoms with van der Waals surface area (Å²) in [5.74, 6) is 0. The highest BCUT2D eigenvalue weighted by Crippen LogP contribution is 2.43. The van der Waals surface area contributed by atoms with Gasteiger partial charge in [0.2, 0.25) is 0 Å². The van der Waals surface area contributed by atoms with Gasteiger partial charge >= 0.3 is 0 Å². The second kappa shape index (κ2) is 8.96. The van der Waals surface area contributed by atoms with E-state index in [1.54, 1.807) is 0 Å². The van der Waals surface area contributed by atoms with Gasteiger partial charge in [0.15, 0.2) is 0 Å². The second-order valence-corrected chi connectivity index (χ2v) is 9.41. The van der Waals surface area contributed by atoms with Crippen molar-refractivity contribution in [2.75, 3.05) is 4.90 Å². The molecule has 0 fully saturated rings. The lowest BCUT2D eigenvalue weighted by Crippen LogP contribution is -2.10. The highest BCUT2D eigenvalue weighted by Gasteiger charge is 2.18. The van der Waals surface area contributed by atoms with Crippen LogP contribution in [-0.2, 0) is 0 Å². The van der Waals surface area contributed by atoms with Gasteiger partial charge in [-0.05, 0) is 68.4 Å². The van der Waals surface area contributed by atoms with E-state index >= 15 is 0 Å². The van der Waals surface area contributed by atoms with Crippen molar-refractivity contribution in [1.29, 1.82) is 0 Å². The van der Waals surface area contributed by atoms with Crippen LogP contribution in [0.15, 0.2) is 152 Å². The van der Waals surface area contributed by atoms with Crippen LogP contribution in [0.3, 0.4) is 0 Å². The number of anilines is 3. The van der Waals surface area contributed by atoms with Crippen molar-refractivity contribution in [1.82, 2.24) is 0 Å². The first kappa shape index (κ1) is 21.4. The third-order valence-electron chi connectivity index (χ3n) is 7.23. The van der Waals surface area contributed by atoms with Gasteiger partial charge in [0.1, 0.15) is 0 Å². The van der Waals surface area contributed by atoms with Gasteiger partial charge in [0.25, 0.3) is 0 Å². The third-order valence-corrected chi connectivity index (χ3v) is 7.23. The van der Waals surface area contributed by atoms with Gasteiger partial charge < -0.3 is 4.90 Å². The Morgan fingerprint density at radius 2 is 0.865 bits per heavy atom. The number of hydrogen-bond donors (Lipinski definition) is 0. The Morgan fingerprint density at radius 3 is 1.62 bits per heavy atom. The molecule has 0 aliphatic carbocycles. The van der Waals surface area contributed by atoms with E-state index < -0.39 is 0 Å². The van der Waals surface area contributed by atoms with E-state index in [0.29, 0.717) is 0 Å². The van der Waals surface area contributed by atoms with Crippen LogP contribution in [0.4, 0.5) is 17.1 Å². The molecule has 0 aliphatic rings. The molecular weight excluding hydrogens is 446 g/mol. The van der Waals surface area contributed by atoms with Crippen LogP contribution < -0.4 is 4.90 Å². The minimum Gasteiger partial charge on any atom is -0.310 e. The molecular formula is C36H25N. The summed E-state index contributed by atoms with van der Waals surface area (Å²) in [5, 5.41) is 7.59. The number of para-hydroxylation sites is 1. The molecule has 1 heteroatoms. The summed E-state index contributed by atoms with van der Waals surface area (Å²) in [6.07, 6.45) is 0. The monoisotopic (exact) mass is 471 g/mol. The average molecular weight is 472 g/mol. The highest BCUT2D eigenvalue weighted by atomic mass is 15.1. The van der Waals surface area contributed by atoms with Gasteiger partial charge in [-0.15, -0.1) is 0 Å². The Hall–Kier alpha value is -4.88. The van der Waals surface area contributed by atoms with Crippen LogP contribution in [-0.4, -0.2) is 0 Å². The molecule has 0 amide bonds. The molecule has 174 valence electrons. The van der Waals surface area contributed by atoms with Gasteiger partial charge in [0.05, 0.1) is 5.69 Å². The van der Waals surface area contributed by atoms with Gasteiger partial charge in [0, 0.05) is 16.8 Å². The SMILES string of the molecule is c1ccc(-c2ccc(N(c3ccccc3)c3cc4c5ccccc5ccc4c4ccccc34)cc2)cc1. The van der Waals surface area contributed by atoms with Crippen LogP contribution in [0.5, 0.6) is 0 Å². The first-order chi connectivity index (χ1) is 18.4. The first-order valence-electron chi connectivity index (χ1n) is 12.7. The van der Waals surface area contributed by atoms with E-state index in [1.807, 2.05) is 0 Å². The van der Waals surface area contributed by atoms with E-state index in [4.69, 9.17) is 0 Å². The van der Waals surface area contributed by atoms with Crippen LogP contribution in [0, 0.1) is 0 Å². The molecule has 0 saturated carbocycles. The molecule has 0 radical (unpaired) electrons. The molecule has 0 aromatic heterocycles. The predicted molar refractivity (Wildman–Crippen MR) is 159 cm³/mol. The summed E-state index contributed by atoms with van der Waals surface area (Å²) < 4.78 is 0. The summed E-state index contributed by atoms with van der Waals surface area (Å²) in [5.41, 5.74) is 5.89. The molecule has 0 atom stereocenters. The maximum atomic E-state index is 2.39. The molecule has 0 aliphatic heterocycles. The predicted octanol–water partition coefficient (Wildman–Crippen LogP) is 10.3. The Morgan fingerprint density at radius 1 is 0.324 bits per heavy atom. The molecule has 0 heterocycles. The molecule has 0 N–H and O–H groups in total. The van der Waals surface area contributed by atoms with Crippen molar-refractivity contribution >= 4 is 49.4 Å². The van der Waals surface area contributed by atoms with Crippen LogP contribution in [0.2, 0.25) is 0 Å². The summed E-state index contributed by atoms with van der Waals surface area (Å²) in [6, 6.07) is 54.5. The van der Waals surface area contributed by atoms with Crippen molar-refractivity contribution in [3.8, 4) is 11.1 Å². The number of nitrogens with zero attached hydrogens (tertiary/aromatic N) is 1. The number of rotatable bonds is 4. The Labute approximate surface area is 216 Å². The lowest BCUT2D eigenvalue weighted by Gasteiger charge is -2.28. The molecule has 7 rings (SSSR count). The number of benzene rings is 7. The molecule has 7 aromatic carbocycles. The first-order valence-corrected chi connectivity index (χ1v) is 12.7. The topological polar surface area (TPSA) is 3.24 Å². The molecule has 0 saturated heterocycles. The smallest absolute Gasteiger partial charge is 0.0546 e. The van der Waals surface area contributed by atoms with Crippen molar-refractivity contribution in [3.63, 3.8) is 0 Å². The van der Waals surface area contributed by atoms with E-state index in [1.165, 1.54) is 49.1 Å². The molecule has 7 aromatic rings. The fourth-order valence-corrected chi connectivity index (χ4v) is 5.46. The molecule has 0 spiro atoms. The zero-order valence-corrected chi connectivity index (χ0v) is 20.4. The van der Waals surface area contributed by atoms with Gasteiger partial charge in [-0.3, -0.25) is 0 Å². The summed E-state index contributed by atoms with van der Waals surface area (Å²) in [4.78, 5) is 2.39. The summed E-state index contributed by atoms with van der Waals surface area (Å²) in [6.45, 7) is 0. The maximum Gasteiger partial charge on any atom is 0.0546 e. The quantitative estimate of drug-likeness (QED) is 0.231.